The molecule has 1 aliphatic rings. The summed E-state index contributed by atoms with van der Waals surface area (Å²) in [6, 6.07) is 6.96. The topological polar surface area (TPSA) is 71.1 Å². The molecule has 0 aliphatic carbocycles. The van der Waals surface area contributed by atoms with Gasteiger partial charge in [0.15, 0.2) is 11.2 Å². The van der Waals surface area contributed by atoms with E-state index in [0.717, 1.165) is 12.8 Å². The molecule has 0 saturated carbocycles. The molecule has 0 radical (unpaired) electrons. The molecule has 27 heavy (non-hydrogen) atoms. The molecule has 1 saturated heterocycles. The van der Waals surface area contributed by atoms with Crippen LogP contribution in [0, 0.1) is 0 Å². The molecule has 0 bridgehead atoms. The summed E-state index contributed by atoms with van der Waals surface area (Å²) in [4.78, 5) is 30.8. The van der Waals surface area contributed by atoms with E-state index >= 15 is 0 Å². The third kappa shape index (κ3) is 3.11. The molecular formula is C19H21ClN4O3. The van der Waals surface area contributed by atoms with Gasteiger partial charge in [-0.15, -0.1) is 0 Å². The Morgan fingerprint density at radius 1 is 1.26 bits per heavy atom. The van der Waals surface area contributed by atoms with E-state index in [4.69, 9.17) is 16.3 Å². The number of aromatic nitrogens is 4. The monoisotopic (exact) mass is 388 g/mol. The van der Waals surface area contributed by atoms with Crippen molar-refractivity contribution in [2.45, 2.75) is 45.4 Å². The molecule has 1 unspecified atom stereocenters. The second-order valence-electron chi connectivity index (χ2n) is 7.06. The van der Waals surface area contributed by atoms with E-state index < -0.39 is 5.69 Å². The Kier molecular flexibility index (Phi) is 4.65. The van der Waals surface area contributed by atoms with Crippen molar-refractivity contribution >= 4 is 22.8 Å². The summed E-state index contributed by atoms with van der Waals surface area (Å²) in [5, 5.41) is 0.573. The van der Waals surface area contributed by atoms with Crippen molar-refractivity contribution in [1.29, 1.82) is 0 Å². The Hall–Kier alpha value is -2.38. The maximum atomic E-state index is 13.2. The summed E-state index contributed by atoms with van der Waals surface area (Å²) in [7, 11) is 0. The SMILES string of the molecule is CC(C)n1cnc2c1c(=O)n(CC1CCCO1)c(=O)n2-c1ccc(Cl)cc1. The molecule has 0 spiro atoms. The number of hydrogen-bond donors (Lipinski definition) is 0. The fourth-order valence-corrected chi connectivity index (χ4v) is 3.64. The fraction of sp³-hybridized carbons (Fsp3) is 0.421. The summed E-state index contributed by atoms with van der Waals surface area (Å²) in [5.41, 5.74) is 0.632. The number of hydrogen-bond acceptors (Lipinski definition) is 4. The standard InChI is InChI=1S/C19H21ClN4O3/c1-12(2)23-11-21-17-16(23)18(25)22(10-15-4-3-9-27-15)19(26)24(17)14-7-5-13(20)6-8-14/h5-8,11-12,15H,3-4,9-10H2,1-2H3. The molecule has 1 aromatic carbocycles. The van der Waals surface area contributed by atoms with Crippen LogP contribution >= 0.6 is 11.6 Å². The number of ether oxygens (including phenoxy) is 1. The van der Waals surface area contributed by atoms with Gasteiger partial charge in [0.1, 0.15) is 0 Å². The first-order chi connectivity index (χ1) is 13.0. The van der Waals surface area contributed by atoms with Crippen LogP contribution in [-0.2, 0) is 11.3 Å². The van der Waals surface area contributed by atoms with Crippen LogP contribution in [0.4, 0.5) is 0 Å². The van der Waals surface area contributed by atoms with Crippen LogP contribution < -0.4 is 11.2 Å². The van der Waals surface area contributed by atoms with Gasteiger partial charge < -0.3 is 9.30 Å². The lowest BCUT2D eigenvalue weighted by Gasteiger charge is -2.16. The Morgan fingerprint density at radius 2 is 2.00 bits per heavy atom. The average Bonchev–Trinajstić information content (AvgIpc) is 3.30. The lowest BCUT2D eigenvalue weighted by atomic mass is 10.2. The molecule has 2 aromatic heterocycles. The Morgan fingerprint density at radius 3 is 2.63 bits per heavy atom. The Labute approximate surface area is 160 Å². The van der Waals surface area contributed by atoms with Crippen LogP contribution in [0.15, 0.2) is 40.2 Å². The van der Waals surface area contributed by atoms with Gasteiger partial charge in [-0.2, -0.15) is 0 Å². The summed E-state index contributed by atoms with van der Waals surface area (Å²) in [6.07, 6.45) is 3.27. The molecule has 0 amide bonds. The molecule has 7 nitrogen and oxygen atoms in total. The van der Waals surface area contributed by atoms with Crippen LogP contribution in [0.5, 0.6) is 0 Å². The van der Waals surface area contributed by atoms with Crippen molar-refractivity contribution in [3.8, 4) is 5.69 Å². The minimum Gasteiger partial charge on any atom is -0.376 e. The van der Waals surface area contributed by atoms with Gasteiger partial charge in [-0.05, 0) is 51.0 Å². The lowest BCUT2D eigenvalue weighted by molar-refractivity contribution is 0.0950. The molecule has 1 aliphatic heterocycles. The molecule has 8 heteroatoms. The van der Waals surface area contributed by atoms with Crippen molar-refractivity contribution < 1.29 is 4.74 Å². The number of imidazole rings is 1. The first-order valence-electron chi connectivity index (χ1n) is 9.07. The summed E-state index contributed by atoms with van der Waals surface area (Å²) in [5.74, 6) is 0. The quantitative estimate of drug-likeness (QED) is 0.689. The van der Waals surface area contributed by atoms with Crippen LogP contribution in [-0.4, -0.2) is 31.4 Å². The van der Waals surface area contributed by atoms with Gasteiger partial charge in [-0.25, -0.2) is 14.3 Å². The second-order valence-corrected chi connectivity index (χ2v) is 7.50. The highest BCUT2D eigenvalue weighted by atomic mass is 35.5. The van der Waals surface area contributed by atoms with Crippen molar-refractivity contribution in [2.24, 2.45) is 0 Å². The highest BCUT2D eigenvalue weighted by Gasteiger charge is 2.23. The lowest BCUT2D eigenvalue weighted by Crippen LogP contribution is -2.42. The molecule has 3 heterocycles. The predicted molar refractivity (Wildman–Crippen MR) is 104 cm³/mol. The predicted octanol–water partition coefficient (Wildman–Crippen LogP) is 2.76. The van der Waals surface area contributed by atoms with Crippen LogP contribution in [0.25, 0.3) is 16.9 Å². The highest BCUT2D eigenvalue weighted by molar-refractivity contribution is 6.30. The van der Waals surface area contributed by atoms with E-state index in [0.29, 0.717) is 28.5 Å². The summed E-state index contributed by atoms with van der Waals surface area (Å²) in [6.45, 7) is 4.85. The minimum atomic E-state index is -0.417. The van der Waals surface area contributed by atoms with E-state index in [1.165, 1.54) is 9.13 Å². The Balaban J connectivity index is 2.01. The molecule has 4 rings (SSSR count). The minimum absolute atomic E-state index is 0.0371. The van der Waals surface area contributed by atoms with Gasteiger partial charge in [0.2, 0.25) is 0 Å². The van der Waals surface area contributed by atoms with Crippen LogP contribution in [0.2, 0.25) is 5.02 Å². The maximum Gasteiger partial charge on any atom is 0.337 e. The van der Waals surface area contributed by atoms with Gasteiger partial charge in [-0.3, -0.25) is 9.36 Å². The number of rotatable bonds is 4. The van der Waals surface area contributed by atoms with E-state index in [-0.39, 0.29) is 24.2 Å². The molecule has 1 fully saturated rings. The third-order valence-electron chi connectivity index (χ3n) is 4.91. The molecule has 1 atom stereocenters. The zero-order valence-corrected chi connectivity index (χ0v) is 16.0. The highest BCUT2D eigenvalue weighted by Crippen LogP contribution is 2.19. The van der Waals surface area contributed by atoms with Crippen molar-refractivity contribution in [1.82, 2.24) is 18.7 Å². The van der Waals surface area contributed by atoms with E-state index in [1.807, 2.05) is 13.8 Å². The summed E-state index contributed by atoms with van der Waals surface area (Å²) < 4.78 is 10.2. The number of halogens is 1. The number of nitrogens with zero attached hydrogens (tertiary/aromatic N) is 4. The molecule has 142 valence electrons. The Bertz CT molecular complexity index is 1090. The average molecular weight is 389 g/mol. The number of fused-ring (bicyclic) bond motifs is 1. The largest absolute Gasteiger partial charge is 0.376 e. The second kappa shape index (κ2) is 6.98. The molecular weight excluding hydrogens is 368 g/mol. The van der Waals surface area contributed by atoms with Gasteiger partial charge in [0, 0.05) is 17.7 Å². The van der Waals surface area contributed by atoms with Crippen molar-refractivity contribution in [3.05, 3.63) is 56.5 Å². The van der Waals surface area contributed by atoms with E-state index in [1.54, 1.807) is 35.2 Å². The van der Waals surface area contributed by atoms with Gasteiger partial charge in [0.05, 0.1) is 24.7 Å². The van der Waals surface area contributed by atoms with Crippen molar-refractivity contribution in [2.75, 3.05) is 6.61 Å². The van der Waals surface area contributed by atoms with E-state index in [9.17, 15) is 9.59 Å². The normalized spacial score (nSPS) is 17.3. The number of benzene rings is 1. The third-order valence-corrected chi connectivity index (χ3v) is 5.16. The zero-order chi connectivity index (χ0) is 19.1. The smallest absolute Gasteiger partial charge is 0.337 e. The van der Waals surface area contributed by atoms with Crippen molar-refractivity contribution in [3.63, 3.8) is 0 Å². The van der Waals surface area contributed by atoms with Crippen LogP contribution in [0.1, 0.15) is 32.7 Å². The zero-order valence-electron chi connectivity index (χ0n) is 15.3. The molecule has 0 N–H and O–H groups in total. The van der Waals surface area contributed by atoms with Gasteiger partial charge in [0.25, 0.3) is 5.56 Å². The maximum absolute atomic E-state index is 13.2. The molecule has 3 aromatic rings. The first kappa shape index (κ1) is 18.0. The van der Waals surface area contributed by atoms with Crippen LogP contribution in [0.3, 0.4) is 0 Å². The summed E-state index contributed by atoms with van der Waals surface area (Å²) >= 11 is 5.99. The van der Waals surface area contributed by atoms with E-state index in [2.05, 4.69) is 4.98 Å². The first-order valence-corrected chi connectivity index (χ1v) is 9.45. The van der Waals surface area contributed by atoms with Gasteiger partial charge in [-0.1, -0.05) is 11.6 Å². The fourth-order valence-electron chi connectivity index (χ4n) is 3.51. The van der Waals surface area contributed by atoms with Gasteiger partial charge >= 0.3 is 5.69 Å².